The molecule has 1 aromatic heterocycles. The molecule has 104 valence electrons. The van der Waals surface area contributed by atoms with Crippen molar-refractivity contribution in [2.24, 2.45) is 23.7 Å². The van der Waals surface area contributed by atoms with Gasteiger partial charge in [0.05, 0.1) is 11.8 Å². The van der Waals surface area contributed by atoms with Crippen LogP contribution in [0, 0.1) is 23.7 Å². The molecule has 2 bridgehead atoms. The summed E-state index contributed by atoms with van der Waals surface area (Å²) in [5, 5.41) is 0. The summed E-state index contributed by atoms with van der Waals surface area (Å²) < 4.78 is 0. The smallest absolute Gasteiger partial charge is 0.240 e. The Kier molecular flexibility index (Phi) is 2.79. The van der Waals surface area contributed by atoms with Gasteiger partial charge in [0.2, 0.25) is 17.8 Å². The van der Waals surface area contributed by atoms with Gasteiger partial charge in [0, 0.05) is 22.0 Å². The lowest BCUT2D eigenvalue weighted by atomic mass is 9.81. The fourth-order valence-electron chi connectivity index (χ4n) is 3.95. The van der Waals surface area contributed by atoms with Crippen molar-refractivity contribution < 1.29 is 9.59 Å². The van der Waals surface area contributed by atoms with Crippen LogP contribution < -0.4 is 4.90 Å². The van der Waals surface area contributed by atoms with Crippen LogP contribution in [0.3, 0.4) is 0 Å². The predicted molar refractivity (Wildman–Crippen MR) is 78.5 cm³/mol. The van der Waals surface area contributed by atoms with Crippen LogP contribution in [0.15, 0.2) is 18.5 Å². The number of carbonyl (C=O) groups excluding carboxylic acids is 2. The third-order valence-corrected chi connectivity index (χ3v) is 7.95. The molecule has 4 rings (SSSR count). The SMILES string of the molecule is O=C1[C@H]2[C@@H]3C[C@H]([C@@H](Br)[C@H]3Br)[C@@H]2C(=O)N1c1ncccn1. The van der Waals surface area contributed by atoms with Gasteiger partial charge >= 0.3 is 0 Å². The van der Waals surface area contributed by atoms with Crippen LogP contribution in [0.1, 0.15) is 6.42 Å². The molecule has 2 aliphatic carbocycles. The minimum atomic E-state index is -0.213. The highest BCUT2D eigenvalue weighted by molar-refractivity contribution is 9.12. The van der Waals surface area contributed by atoms with E-state index in [4.69, 9.17) is 0 Å². The van der Waals surface area contributed by atoms with Crippen LogP contribution >= 0.6 is 31.9 Å². The Morgan fingerprint density at radius 1 is 1.00 bits per heavy atom. The lowest BCUT2D eigenvalue weighted by Gasteiger charge is -2.28. The Labute approximate surface area is 132 Å². The first kappa shape index (κ1) is 12.9. The van der Waals surface area contributed by atoms with Crippen LogP contribution in [0.4, 0.5) is 5.95 Å². The predicted octanol–water partition coefficient (Wildman–Crippen LogP) is 1.76. The Balaban J connectivity index is 1.75. The van der Waals surface area contributed by atoms with Crippen molar-refractivity contribution in [3.8, 4) is 0 Å². The molecule has 3 fully saturated rings. The third kappa shape index (κ3) is 1.48. The number of nitrogens with zero attached hydrogens (tertiary/aromatic N) is 3. The van der Waals surface area contributed by atoms with E-state index >= 15 is 0 Å². The van der Waals surface area contributed by atoms with Crippen molar-refractivity contribution >= 4 is 49.6 Å². The molecule has 1 aromatic rings. The Morgan fingerprint density at radius 2 is 1.50 bits per heavy atom. The standard InChI is InChI=1S/C13H11Br2N3O2/c14-9-5-4-6(10(9)15)8-7(5)11(19)18(12(8)20)13-16-2-1-3-17-13/h1-3,5-10H,4H2/t5-,6-,7-,8-,9-,10+/m0/s1. The van der Waals surface area contributed by atoms with E-state index in [1.54, 1.807) is 18.5 Å². The number of carbonyl (C=O) groups is 2. The molecule has 3 aliphatic rings. The number of imide groups is 1. The number of anilines is 1. The number of hydrogen-bond acceptors (Lipinski definition) is 4. The van der Waals surface area contributed by atoms with E-state index < -0.39 is 0 Å². The molecule has 1 saturated heterocycles. The van der Waals surface area contributed by atoms with Crippen LogP contribution in [0.2, 0.25) is 0 Å². The Bertz CT molecular complexity index is 565. The van der Waals surface area contributed by atoms with Crippen molar-refractivity contribution in [3.63, 3.8) is 0 Å². The first-order chi connectivity index (χ1) is 9.61. The second-order valence-corrected chi connectivity index (χ2v) is 7.68. The zero-order valence-electron chi connectivity index (χ0n) is 10.3. The van der Waals surface area contributed by atoms with Crippen molar-refractivity contribution in [1.29, 1.82) is 0 Å². The van der Waals surface area contributed by atoms with Gasteiger partial charge < -0.3 is 0 Å². The zero-order chi connectivity index (χ0) is 14.0. The van der Waals surface area contributed by atoms with Crippen LogP contribution in [0.5, 0.6) is 0 Å². The molecular weight excluding hydrogens is 390 g/mol. The monoisotopic (exact) mass is 399 g/mol. The van der Waals surface area contributed by atoms with Gasteiger partial charge in [-0.25, -0.2) is 14.9 Å². The largest absolute Gasteiger partial charge is 0.274 e. The molecule has 6 atom stereocenters. The van der Waals surface area contributed by atoms with Crippen molar-refractivity contribution in [1.82, 2.24) is 9.97 Å². The first-order valence-corrected chi connectivity index (χ1v) is 8.37. The summed E-state index contributed by atoms with van der Waals surface area (Å²) in [6.07, 6.45) is 4.03. The zero-order valence-corrected chi connectivity index (χ0v) is 13.5. The highest BCUT2D eigenvalue weighted by atomic mass is 79.9. The van der Waals surface area contributed by atoms with E-state index in [9.17, 15) is 9.59 Å². The summed E-state index contributed by atoms with van der Waals surface area (Å²) in [4.78, 5) is 35.0. The number of halogens is 2. The van der Waals surface area contributed by atoms with E-state index in [1.165, 1.54) is 4.90 Å². The summed E-state index contributed by atoms with van der Waals surface area (Å²) in [5.41, 5.74) is 0. The molecule has 0 radical (unpaired) electrons. The molecule has 0 N–H and O–H groups in total. The van der Waals surface area contributed by atoms with Gasteiger partial charge in [0.15, 0.2) is 0 Å². The number of aromatic nitrogens is 2. The molecule has 20 heavy (non-hydrogen) atoms. The van der Waals surface area contributed by atoms with E-state index in [2.05, 4.69) is 41.8 Å². The van der Waals surface area contributed by atoms with Gasteiger partial charge in [-0.2, -0.15) is 0 Å². The molecule has 2 heterocycles. The maximum atomic E-state index is 12.6. The molecule has 1 aliphatic heterocycles. The number of fused-ring (bicyclic) bond motifs is 5. The molecule has 7 heteroatoms. The summed E-state index contributed by atoms with van der Waals surface area (Å²) in [6, 6.07) is 1.67. The minimum Gasteiger partial charge on any atom is -0.274 e. The van der Waals surface area contributed by atoms with Crippen LogP contribution in [-0.4, -0.2) is 31.4 Å². The van der Waals surface area contributed by atoms with Crippen molar-refractivity contribution in [3.05, 3.63) is 18.5 Å². The average Bonchev–Trinajstić information content (AvgIpc) is 3.05. The van der Waals surface area contributed by atoms with E-state index in [1.807, 2.05) is 0 Å². The quantitative estimate of drug-likeness (QED) is 0.532. The van der Waals surface area contributed by atoms with Crippen molar-refractivity contribution in [2.75, 3.05) is 4.90 Å². The second kappa shape index (κ2) is 4.34. The highest BCUT2D eigenvalue weighted by Gasteiger charge is 2.66. The molecule has 0 spiro atoms. The lowest BCUT2D eigenvalue weighted by molar-refractivity contribution is -0.123. The van der Waals surface area contributed by atoms with Gasteiger partial charge in [-0.1, -0.05) is 31.9 Å². The van der Waals surface area contributed by atoms with Crippen LogP contribution in [0.25, 0.3) is 0 Å². The Morgan fingerprint density at radius 3 is 2.00 bits per heavy atom. The molecule has 2 amide bonds. The van der Waals surface area contributed by atoms with Gasteiger partial charge in [-0.05, 0) is 24.3 Å². The topological polar surface area (TPSA) is 63.2 Å². The number of rotatable bonds is 1. The number of alkyl halides is 2. The van der Waals surface area contributed by atoms with Gasteiger partial charge in [0.1, 0.15) is 0 Å². The van der Waals surface area contributed by atoms with Gasteiger partial charge in [-0.3, -0.25) is 9.59 Å². The molecule has 0 aromatic carbocycles. The summed E-state index contributed by atoms with van der Waals surface area (Å²) in [5.74, 6) is -0.0540. The summed E-state index contributed by atoms with van der Waals surface area (Å²) in [7, 11) is 0. The van der Waals surface area contributed by atoms with Crippen molar-refractivity contribution in [2.45, 2.75) is 16.1 Å². The molecule has 2 saturated carbocycles. The van der Waals surface area contributed by atoms with E-state index in [0.717, 1.165) is 6.42 Å². The normalized spacial score (nSPS) is 42.4. The molecular formula is C13H11Br2N3O2. The maximum absolute atomic E-state index is 12.6. The van der Waals surface area contributed by atoms with E-state index in [-0.39, 0.29) is 51.1 Å². The lowest BCUT2D eigenvalue weighted by Crippen LogP contribution is -2.37. The Hall–Kier alpha value is -0.820. The third-order valence-electron chi connectivity index (χ3n) is 4.74. The van der Waals surface area contributed by atoms with Crippen LogP contribution in [-0.2, 0) is 9.59 Å². The fourth-order valence-corrected chi connectivity index (χ4v) is 5.83. The summed E-state index contributed by atoms with van der Waals surface area (Å²) in [6.45, 7) is 0. The van der Waals surface area contributed by atoms with Gasteiger partial charge in [0.25, 0.3) is 0 Å². The fraction of sp³-hybridized carbons (Fsp3) is 0.538. The number of hydrogen-bond donors (Lipinski definition) is 0. The molecule has 5 nitrogen and oxygen atoms in total. The van der Waals surface area contributed by atoms with E-state index in [0.29, 0.717) is 0 Å². The first-order valence-electron chi connectivity index (χ1n) is 6.54. The average molecular weight is 401 g/mol. The van der Waals surface area contributed by atoms with Gasteiger partial charge in [-0.15, -0.1) is 0 Å². The highest BCUT2D eigenvalue weighted by Crippen LogP contribution is 2.60. The minimum absolute atomic E-state index is 0.137. The second-order valence-electron chi connectivity index (χ2n) is 5.56. The number of amides is 2. The molecule has 0 unspecified atom stereocenters. The maximum Gasteiger partial charge on any atom is 0.240 e. The summed E-state index contributed by atoms with van der Waals surface area (Å²) >= 11 is 7.32.